The Labute approximate surface area is 238 Å². The molecule has 2 atom stereocenters. The summed E-state index contributed by atoms with van der Waals surface area (Å²) in [7, 11) is -2.62. The molecule has 0 spiro atoms. The van der Waals surface area contributed by atoms with Gasteiger partial charge in [0.1, 0.15) is 18.3 Å². The van der Waals surface area contributed by atoms with Crippen LogP contribution in [-0.2, 0) is 26.0 Å². The Bertz CT molecular complexity index is 1330. The summed E-state index contributed by atoms with van der Waals surface area (Å²) < 4.78 is 34.0. The second kappa shape index (κ2) is 14.5. The molecule has 8 nitrogen and oxygen atoms in total. The number of methoxy groups -OCH3 is 1. The summed E-state index contributed by atoms with van der Waals surface area (Å²) in [6, 6.07) is 23.5. The molecule has 0 fully saturated rings. The number of rotatable bonds is 14. The highest BCUT2D eigenvalue weighted by Crippen LogP contribution is 2.25. The minimum Gasteiger partial charge on any atom is -0.497 e. The lowest BCUT2D eigenvalue weighted by atomic mass is 10.1. The van der Waals surface area contributed by atoms with Crippen LogP contribution in [0.15, 0.2) is 89.8 Å². The van der Waals surface area contributed by atoms with E-state index in [1.54, 1.807) is 42.5 Å². The molecule has 3 rings (SSSR count). The van der Waals surface area contributed by atoms with Gasteiger partial charge in [-0.25, -0.2) is 8.42 Å². The molecule has 3 aromatic carbocycles. The molecule has 214 valence electrons. The van der Waals surface area contributed by atoms with Crippen molar-refractivity contribution in [3.05, 3.63) is 90.5 Å². The van der Waals surface area contributed by atoms with Gasteiger partial charge in [-0.15, -0.1) is 0 Å². The molecule has 1 N–H and O–H groups in total. The van der Waals surface area contributed by atoms with Crippen LogP contribution in [0.1, 0.15) is 39.2 Å². The summed E-state index contributed by atoms with van der Waals surface area (Å²) in [5, 5.41) is 2.99. The Morgan fingerprint density at radius 2 is 1.48 bits per heavy atom. The maximum atomic E-state index is 14.0. The molecule has 3 aromatic rings. The molecule has 9 heteroatoms. The largest absolute Gasteiger partial charge is 0.497 e. The van der Waals surface area contributed by atoms with Gasteiger partial charge >= 0.3 is 0 Å². The second-order valence-electron chi connectivity index (χ2n) is 9.59. The van der Waals surface area contributed by atoms with Crippen LogP contribution in [0.3, 0.4) is 0 Å². The summed E-state index contributed by atoms with van der Waals surface area (Å²) in [4.78, 5) is 28.8. The van der Waals surface area contributed by atoms with Gasteiger partial charge in [-0.05, 0) is 68.1 Å². The van der Waals surface area contributed by atoms with E-state index in [9.17, 15) is 18.0 Å². The Kier molecular flexibility index (Phi) is 11.1. The van der Waals surface area contributed by atoms with Gasteiger partial charge in [0.25, 0.3) is 10.0 Å². The van der Waals surface area contributed by atoms with Crippen molar-refractivity contribution in [3.8, 4) is 5.75 Å². The average Bonchev–Trinajstić information content (AvgIpc) is 2.98. The lowest BCUT2D eigenvalue weighted by Crippen LogP contribution is -2.54. The molecule has 0 heterocycles. The topological polar surface area (TPSA) is 96.0 Å². The predicted molar refractivity (Wildman–Crippen MR) is 158 cm³/mol. The quantitative estimate of drug-likeness (QED) is 0.307. The fourth-order valence-electron chi connectivity index (χ4n) is 4.33. The number of nitrogens with one attached hydrogen (secondary N) is 1. The zero-order chi connectivity index (χ0) is 29.1. The van der Waals surface area contributed by atoms with Gasteiger partial charge in [0.2, 0.25) is 11.8 Å². The zero-order valence-corrected chi connectivity index (χ0v) is 24.4. The first kappa shape index (κ1) is 30.7. The highest BCUT2D eigenvalue weighted by Gasteiger charge is 2.33. The standard InChI is InChI=1S/C31H39N3O5S/c1-5-24(3)32-31(36)29(6-2)33(22-21-25-13-9-7-10-14-25)30(35)23-34(26-15-11-8-12-16-26)40(37,38)28-19-17-27(39-4)18-20-28/h7-20,24,29H,5-6,21-23H2,1-4H3,(H,32,36)/t24-,29-/m1/s1. The number of sulfonamides is 1. The fraction of sp³-hybridized carbons (Fsp3) is 0.355. The van der Waals surface area contributed by atoms with Crippen molar-refractivity contribution in [1.82, 2.24) is 10.2 Å². The molecule has 40 heavy (non-hydrogen) atoms. The average molecular weight is 566 g/mol. The van der Waals surface area contributed by atoms with Crippen LogP contribution < -0.4 is 14.4 Å². The van der Waals surface area contributed by atoms with E-state index >= 15 is 0 Å². The van der Waals surface area contributed by atoms with E-state index in [1.807, 2.05) is 51.1 Å². The molecular weight excluding hydrogens is 526 g/mol. The van der Waals surface area contributed by atoms with Crippen LogP contribution in [-0.4, -0.2) is 57.4 Å². The number of carbonyl (C=O) groups is 2. The minimum absolute atomic E-state index is 0.0299. The van der Waals surface area contributed by atoms with Crippen LogP contribution in [0.25, 0.3) is 0 Å². The van der Waals surface area contributed by atoms with Crippen molar-refractivity contribution in [3.63, 3.8) is 0 Å². The third-order valence-corrected chi connectivity index (χ3v) is 8.63. The fourth-order valence-corrected chi connectivity index (χ4v) is 5.75. The highest BCUT2D eigenvalue weighted by molar-refractivity contribution is 7.92. The van der Waals surface area contributed by atoms with Gasteiger partial charge in [-0.2, -0.15) is 0 Å². The van der Waals surface area contributed by atoms with Gasteiger partial charge in [-0.1, -0.05) is 62.4 Å². The van der Waals surface area contributed by atoms with Crippen LogP contribution in [0.5, 0.6) is 5.75 Å². The van der Waals surface area contributed by atoms with E-state index in [0.29, 0.717) is 24.3 Å². The number of nitrogens with zero attached hydrogens (tertiary/aromatic N) is 2. The number of para-hydroxylation sites is 1. The number of carbonyl (C=O) groups excluding carboxylic acids is 2. The first-order chi connectivity index (χ1) is 19.2. The van der Waals surface area contributed by atoms with E-state index in [1.165, 1.54) is 24.1 Å². The van der Waals surface area contributed by atoms with Gasteiger partial charge < -0.3 is 15.0 Å². The Morgan fingerprint density at radius 3 is 2.02 bits per heavy atom. The second-order valence-corrected chi connectivity index (χ2v) is 11.4. The zero-order valence-electron chi connectivity index (χ0n) is 23.6. The smallest absolute Gasteiger partial charge is 0.264 e. The molecule has 0 radical (unpaired) electrons. The first-order valence-corrected chi connectivity index (χ1v) is 15.0. The Balaban J connectivity index is 1.98. The summed E-state index contributed by atoms with van der Waals surface area (Å²) in [5.74, 6) is -0.183. The molecule has 0 aliphatic carbocycles. The lowest BCUT2D eigenvalue weighted by molar-refractivity contribution is -0.139. The minimum atomic E-state index is -4.12. The number of ether oxygens (including phenoxy) is 1. The number of anilines is 1. The van der Waals surface area contributed by atoms with E-state index in [4.69, 9.17) is 4.74 Å². The summed E-state index contributed by atoms with van der Waals surface area (Å²) in [5.41, 5.74) is 1.37. The third kappa shape index (κ3) is 7.85. The summed E-state index contributed by atoms with van der Waals surface area (Å²) in [6.45, 7) is 5.55. The normalized spacial score (nSPS) is 12.7. The predicted octanol–water partition coefficient (Wildman–Crippen LogP) is 4.66. The van der Waals surface area contributed by atoms with Crippen molar-refractivity contribution < 1.29 is 22.7 Å². The van der Waals surface area contributed by atoms with Crippen LogP contribution in [0.2, 0.25) is 0 Å². The molecule has 0 unspecified atom stereocenters. The number of benzene rings is 3. The molecule has 2 amide bonds. The Hall–Kier alpha value is -3.85. The lowest BCUT2D eigenvalue weighted by Gasteiger charge is -2.33. The van der Waals surface area contributed by atoms with Crippen molar-refractivity contribution in [2.45, 2.75) is 57.0 Å². The van der Waals surface area contributed by atoms with Crippen LogP contribution >= 0.6 is 0 Å². The highest BCUT2D eigenvalue weighted by atomic mass is 32.2. The summed E-state index contributed by atoms with van der Waals surface area (Å²) in [6.07, 6.45) is 1.66. The third-order valence-electron chi connectivity index (χ3n) is 6.84. The molecule has 0 bridgehead atoms. The van der Waals surface area contributed by atoms with Crippen molar-refractivity contribution >= 4 is 27.5 Å². The molecule has 0 aromatic heterocycles. The molecule has 0 aliphatic rings. The van der Waals surface area contributed by atoms with Gasteiger partial charge in [-0.3, -0.25) is 13.9 Å². The maximum Gasteiger partial charge on any atom is 0.264 e. The van der Waals surface area contributed by atoms with E-state index in [0.717, 1.165) is 16.3 Å². The number of hydrogen-bond acceptors (Lipinski definition) is 5. The van der Waals surface area contributed by atoms with Crippen molar-refractivity contribution in [2.24, 2.45) is 0 Å². The molecular formula is C31H39N3O5S. The van der Waals surface area contributed by atoms with E-state index in [2.05, 4.69) is 5.32 Å². The van der Waals surface area contributed by atoms with Crippen LogP contribution in [0, 0.1) is 0 Å². The number of hydrogen-bond donors (Lipinski definition) is 1. The van der Waals surface area contributed by atoms with E-state index < -0.39 is 28.5 Å². The Morgan fingerprint density at radius 1 is 0.875 bits per heavy atom. The monoisotopic (exact) mass is 565 g/mol. The van der Waals surface area contributed by atoms with Crippen molar-refractivity contribution in [1.29, 1.82) is 0 Å². The molecule has 0 saturated heterocycles. The van der Waals surface area contributed by atoms with Gasteiger partial charge in [0.05, 0.1) is 17.7 Å². The maximum absolute atomic E-state index is 14.0. The van der Waals surface area contributed by atoms with E-state index in [-0.39, 0.29) is 23.4 Å². The molecule has 0 aliphatic heterocycles. The number of amides is 2. The van der Waals surface area contributed by atoms with Gasteiger partial charge in [0.15, 0.2) is 0 Å². The van der Waals surface area contributed by atoms with Crippen molar-refractivity contribution in [2.75, 3.05) is 24.5 Å². The molecule has 0 saturated carbocycles. The first-order valence-electron chi connectivity index (χ1n) is 13.6. The summed E-state index contributed by atoms with van der Waals surface area (Å²) >= 11 is 0. The van der Waals surface area contributed by atoms with Crippen LogP contribution in [0.4, 0.5) is 5.69 Å². The SMILES string of the molecule is CC[C@@H](C)NC(=O)[C@@H](CC)N(CCc1ccccc1)C(=O)CN(c1ccccc1)S(=O)(=O)c1ccc(OC)cc1. The van der Waals surface area contributed by atoms with Gasteiger partial charge in [0, 0.05) is 12.6 Å².